The number of rotatable bonds is 7. The molecule has 0 atom stereocenters. The van der Waals surface area contributed by atoms with E-state index >= 15 is 0 Å². The lowest BCUT2D eigenvalue weighted by Gasteiger charge is -2.09. The van der Waals surface area contributed by atoms with Crippen LogP contribution in [0.25, 0.3) is 22.6 Å². The van der Waals surface area contributed by atoms with Crippen molar-refractivity contribution in [3.63, 3.8) is 0 Å². The molecule has 0 bridgehead atoms. The summed E-state index contributed by atoms with van der Waals surface area (Å²) in [5, 5.41) is 13.7. The Morgan fingerprint density at radius 2 is 1.94 bits per heavy atom. The molecule has 1 amide bonds. The number of anilines is 1. The van der Waals surface area contributed by atoms with Crippen LogP contribution in [0.5, 0.6) is 5.75 Å². The Morgan fingerprint density at radius 3 is 2.69 bits per heavy atom. The molecule has 0 fully saturated rings. The number of fused-ring (bicyclic) bond motifs is 1. The van der Waals surface area contributed by atoms with Crippen molar-refractivity contribution < 1.29 is 13.9 Å². The lowest BCUT2D eigenvalue weighted by Crippen LogP contribution is -2.15. The second-order valence-electron chi connectivity index (χ2n) is 6.62. The molecule has 0 saturated carbocycles. The van der Waals surface area contributed by atoms with Crippen LogP contribution < -0.4 is 10.1 Å². The molecule has 2 aromatic heterocycles. The Labute approximate surface area is 203 Å². The first-order valence-corrected chi connectivity index (χ1v) is 11.6. The van der Waals surface area contributed by atoms with Gasteiger partial charge in [-0.25, -0.2) is 0 Å². The van der Waals surface area contributed by atoms with Crippen molar-refractivity contribution in [3.8, 4) is 17.3 Å². The Morgan fingerprint density at radius 1 is 1.16 bits per heavy atom. The predicted molar refractivity (Wildman–Crippen MR) is 128 cm³/mol. The van der Waals surface area contributed by atoms with Gasteiger partial charge in [0.1, 0.15) is 0 Å². The van der Waals surface area contributed by atoms with Gasteiger partial charge in [-0.1, -0.05) is 58.7 Å². The number of hydrogen-bond donors (Lipinski definition) is 1. The van der Waals surface area contributed by atoms with E-state index in [1.165, 1.54) is 23.9 Å². The molecule has 7 nitrogen and oxygen atoms in total. The topological polar surface area (TPSA) is 82.2 Å². The van der Waals surface area contributed by atoms with Gasteiger partial charge in [-0.2, -0.15) is 0 Å². The molecule has 4 aromatic rings. The normalized spacial score (nSPS) is 11.2. The maximum absolute atomic E-state index is 12.4. The van der Waals surface area contributed by atoms with Crippen LogP contribution in [-0.4, -0.2) is 33.5 Å². The van der Waals surface area contributed by atoms with Gasteiger partial charge in [0.05, 0.1) is 33.6 Å². The van der Waals surface area contributed by atoms with Gasteiger partial charge in [-0.15, -0.1) is 10.2 Å². The first kappa shape index (κ1) is 22.8. The number of nitrogens with one attached hydrogen (secondary N) is 1. The standard InChI is InChI=1S/C21H17Cl3N4O3S/c1-3-28-20(17-7-11-5-4-6-16(30-2)19(11)31-17)26-27-21(28)32-10-18(29)25-15-9-13(23)12(22)8-14(15)24/h4-9H,3,10H2,1-2H3,(H,25,29). The number of ether oxygens (including phenoxy) is 1. The minimum atomic E-state index is -0.268. The fraction of sp³-hybridized carbons (Fsp3) is 0.190. The van der Waals surface area contributed by atoms with E-state index in [1.807, 2.05) is 35.8 Å². The molecule has 0 unspecified atom stereocenters. The van der Waals surface area contributed by atoms with Gasteiger partial charge in [0.25, 0.3) is 0 Å². The lowest BCUT2D eigenvalue weighted by atomic mass is 10.2. The summed E-state index contributed by atoms with van der Waals surface area (Å²) in [6.45, 7) is 2.56. The number of carbonyl (C=O) groups is 1. The number of furan rings is 1. The van der Waals surface area contributed by atoms with Crippen molar-refractivity contribution in [2.24, 2.45) is 0 Å². The highest BCUT2D eigenvalue weighted by atomic mass is 35.5. The van der Waals surface area contributed by atoms with Crippen molar-refractivity contribution in [1.29, 1.82) is 0 Å². The van der Waals surface area contributed by atoms with Gasteiger partial charge in [0.15, 0.2) is 22.2 Å². The largest absolute Gasteiger partial charge is 0.493 e. The van der Waals surface area contributed by atoms with Gasteiger partial charge in [-0.3, -0.25) is 9.36 Å². The lowest BCUT2D eigenvalue weighted by molar-refractivity contribution is -0.113. The highest BCUT2D eigenvalue weighted by Gasteiger charge is 2.19. The fourth-order valence-electron chi connectivity index (χ4n) is 3.10. The summed E-state index contributed by atoms with van der Waals surface area (Å²) in [6.07, 6.45) is 0. The first-order valence-electron chi connectivity index (χ1n) is 9.48. The van der Waals surface area contributed by atoms with Crippen molar-refractivity contribution >= 4 is 69.1 Å². The number of thioether (sulfide) groups is 1. The molecule has 0 aliphatic heterocycles. The minimum absolute atomic E-state index is 0.0999. The summed E-state index contributed by atoms with van der Waals surface area (Å²) in [5.41, 5.74) is 1.03. The summed E-state index contributed by atoms with van der Waals surface area (Å²) >= 11 is 19.3. The SMILES string of the molecule is CCn1c(SCC(=O)Nc2cc(Cl)c(Cl)cc2Cl)nnc1-c1cc2cccc(OC)c2o1. The highest BCUT2D eigenvalue weighted by Crippen LogP contribution is 2.34. The van der Waals surface area contributed by atoms with Gasteiger partial charge in [0.2, 0.25) is 11.7 Å². The molecule has 2 aromatic carbocycles. The second kappa shape index (κ2) is 9.62. The van der Waals surface area contributed by atoms with Crippen molar-refractivity contribution in [2.45, 2.75) is 18.6 Å². The van der Waals surface area contributed by atoms with Gasteiger partial charge in [0, 0.05) is 11.9 Å². The van der Waals surface area contributed by atoms with Crippen LogP contribution >= 0.6 is 46.6 Å². The number of hydrogen-bond acceptors (Lipinski definition) is 6. The van der Waals surface area contributed by atoms with E-state index in [4.69, 9.17) is 44.0 Å². The van der Waals surface area contributed by atoms with Crippen LogP contribution in [0.1, 0.15) is 6.92 Å². The Kier molecular flexibility index (Phi) is 6.85. The van der Waals surface area contributed by atoms with E-state index in [2.05, 4.69) is 15.5 Å². The highest BCUT2D eigenvalue weighted by molar-refractivity contribution is 7.99. The number of aromatic nitrogens is 3. The van der Waals surface area contributed by atoms with E-state index in [0.717, 1.165) is 5.39 Å². The third-order valence-electron chi connectivity index (χ3n) is 4.60. The van der Waals surface area contributed by atoms with Crippen molar-refractivity contribution in [2.75, 3.05) is 18.2 Å². The van der Waals surface area contributed by atoms with E-state index in [9.17, 15) is 4.79 Å². The number of benzene rings is 2. The average Bonchev–Trinajstić information content (AvgIpc) is 3.39. The van der Waals surface area contributed by atoms with E-state index in [1.54, 1.807) is 7.11 Å². The Bertz CT molecular complexity index is 1310. The van der Waals surface area contributed by atoms with E-state index < -0.39 is 0 Å². The monoisotopic (exact) mass is 510 g/mol. The van der Waals surface area contributed by atoms with Gasteiger partial charge >= 0.3 is 0 Å². The minimum Gasteiger partial charge on any atom is -0.493 e. The van der Waals surface area contributed by atoms with Gasteiger partial charge in [-0.05, 0) is 31.2 Å². The third-order valence-corrected chi connectivity index (χ3v) is 6.60. The summed E-state index contributed by atoms with van der Waals surface area (Å²) in [6, 6.07) is 10.5. The average molecular weight is 512 g/mol. The zero-order valence-corrected chi connectivity index (χ0v) is 20.1. The maximum Gasteiger partial charge on any atom is 0.234 e. The summed E-state index contributed by atoms with van der Waals surface area (Å²) < 4.78 is 13.2. The van der Waals surface area contributed by atoms with Crippen molar-refractivity contribution in [1.82, 2.24) is 14.8 Å². The van der Waals surface area contributed by atoms with Crippen molar-refractivity contribution in [3.05, 3.63) is 51.5 Å². The quantitative estimate of drug-likeness (QED) is 0.228. The van der Waals surface area contributed by atoms with Crippen LogP contribution in [0.15, 0.2) is 46.0 Å². The zero-order valence-electron chi connectivity index (χ0n) is 17.0. The molecule has 0 saturated heterocycles. The first-order chi connectivity index (χ1) is 15.4. The Balaban J connectivity index is 1.51. The fourth-order valence-corrected chi connectivity index (χ4v) is 4.50. The molecule has 11 heteroatoms. The molecular formula is C21H17Cl3N4O3S. The second-order valence-corrected chi connectivity index (χ2v) is 8.79. The summed E-state index contributed by atoms with van der Waals surface area (Å²) in [7, 11) is 1.59. The summed E-state index contributed by atoms with van der Waals surface area (Å²) in [4.78, 5) is 12.4. The molecule has 166 valence electrons. The van der Waals surface area contributed by atoms with Gasteiger partial charge < -0.3 is 14.5 Å². The molecule has 2 heterocycles. The maximum atomic E-state index is 12.4. The van der Waals surface area contributed by atoms with Crippen LogP contribution in [-0.2, 0) is 11.3 Å². The summed E-state index contributed by atoms with van der Waals surface area (Å²) in [5.74, 6) is 1.61. The molecule has 32 heavy (non-hydrogen) atoms. The smallest absolute Gasteiger partial charge is 0.234 e. The molecular weight excluding hydrogens is 495 g/mol. The third kappa shape index (κ3) is 4.54. The molecule has 0 aliphatic rings. The van der Waals surface area contributed by atoms with Crippen LogP contribution in [0.4, 0.5) is 5.69 Å². The molecule has 0 radical (unpaired) electrons. The van der Waals surface area contributed by atoms with Crippen LogP contribution in [0, 0.1) is 0 Å². The molecule has 0 spiro atoms. The zero-order chi connectivity index (χ0) is 22.8. The number of nitrogens with zero attached hydrogens (tertiary/aromatic N) is 3. The van der Waals surface area contributed by atoms with Crippen LogP contribution in [0.3, 0.4) is 0 Å². The molecule has 1 N–H and O–H groups in total. The predicted octanol–water partition coefficient (Wildman–Crippen LogP) is 6.41. The number of methoxy groups -OCH3 is 1. The number of para-hydroxylation sites is 1. The molecule has 4 rings (SSSR count). The molecule has 0 aliphatic carbocycles. The number of amides is 1. The van der Waals surface area contributed by atoms with Crippen LogP contribution in [0.2, 0.25) is 15.1 Å². The van der Waals surface area contributed by atoms with E-state index in [-0.39, 0.29) is 11.7 Å². The van der Waals surface area contributed by atoms with E-state index in [0.29, 0.717) is 55.4 Å². The number of carbonyl (C=O) groups excluding carboxylic acids is 1. The number of halogens is 3. The Hall–Kier alpha value is -2.39.